The first-order chi connectivity index (χ1) is 9.22. The molecule has 0 spiro atoms. The zero-order chi connectivity index (χ0) is 13.2. The number of halogens is 1. The molecule has 1 saturated carbocycles. The van der Waals surface area contributed by atoms with E-state index in [1.54, 1.807) is 0 Å². The molecule has 0 bridgehead atoms. The van der Waals surface area contributed by atoms with Crippen LogP contribution in [0, 0.1) is 11.7 Å². The Balaban J connectivity index is 1.67. The minimum absolute atomic E-state index is 0.152. The third kappa shape index (κ3) is 3.18. The van der Waals surface area contributed by atoms with E-state index in [0.717, 1.165) is 25.9 Å². The molecule has 1 unspecified atom stereocenters. The highest BCUT2D eigenvalue weighted by molar-refractivity contribution is 5.51. The van der Waals surface area contributed by atoms with Gasteiger partial charge in [0.1, 0.15) is 11.6 Å². The van der Waals surface area contributed by atoms with Gasteiger partial charge in [0.15, 0.2) is 0 Å². The van der Waals surface area contributed by atoms with Crippen LogP contribution >= 0.6 is 0 Å². The lowest BCUT2D eigenvalue weighted by atomic mass is 10.1. The van der Waals surface area contributed by atoms with E-state index in [0.29, 0.717) is 24.0 Å². The van der Waals surface area contributed by atoms with Crippen molar-refractivity contribution in [3.8, 4) is 5.75 Å². The topological polar surface area (TPSA) is 38.5 Å². The number of hydrogen-bond acceptors (Lipinski definition) is 3. The quantitative estimate of drug-likeness (QED) is 0.908. The van der Waals surface area contributed by atoms with E-state index < -0.39 is 0 Å². The molecule has 1 saturated heterocycles. The predicted molar refractivity (Wildman–Crippen MR) is 74.0 cm³/mol. The van der Waals surface area contributed by atoms with Crippen molar-refractivity contribution in [2.75, 3.05) is 24.6 Å². The van der Waals surface area contributed by atoms with Crippen molar-refractivity contribution in [2.45, 2.75) is 31.7 Å². The second-order valence-corrected chi connectivity index (χ2v) is 5.72. The van der Waals surface area contributed by atoms with Gasteiger partial charge in [-0.1, -0.05) is 0 Å². The Kier molecular flexibility index (Phi) is 3.60. The Hall–Kier alpha value is -1.29. The highest BCUT2D eigenvalue weighted by atomic mass is 19.1. The van der Waals surface area contributed by atoms with Crippen LogP contribution in [0.1, 0.15) is 25.7 Å². The van der Waals surface area contributed by atoms with E-state index in [1.807, 2.05) is 17.0 Å². The molecule has 1 aromatic carbocycles. The fourth-order valence-corrected chi connectivity index (χ4v) is 2.56. The first-order valence-corrected chi connectivity index (χ1v) is 7.15. The molecule has 0 aromatic heterocycles. The zero-order valence-corrected chi connectivity index (χ0v) is 11.1. The van der Waals surface area contributed by atoms with E-state index in [2.05, 4.69) is 0 Å². The predicted octanol–water partition coefficient (Wildman–Crippen LogP) is 2.54. The summed E-state index contributed by atoms with van der Waals surface area (Å²) in [4.78, 5) is 2.04. The normalized spacial score (nSPS) is 23.5. The Morgan fingerprint density at radius 1 is 1.32 bits per heavy atom. The molecule has 1 aliphatic carbocycles. The Morgan fingerprint density at radius 2 is 2.16 bits per heavy atom. The van der Waals surface area contributed by atoms with Gasteiger partial charge < -0.3 is 15.4 Å². The SMILES string of the molecule is NC1CCCN(c2ccc(OCC3CC3)cc2F)C1. The maximum atomic E-state index is 14.1. The third-order valence-electron chi connectivity index (χ3n) is 3.90. The number of nitrogens with zero attached hydrogens (tertiary/aromatic N) is 1. The van der Waals surface area contributed by atoms with Crippen LogP contribution in [-0.4, -0.2) is 25.7 Å². The van der Waals surface area contributed by atoms with Crippen LogP contribution in [0.4, 0.5) is 10.1 Å². The Morgan fingerprint density at radius 3 is 2.84 bits per heavy atom. The summed E-state index contributed by atoms with van der Waals surface area (Å²) >= 11 is 0. The minimum atomic E-state index is -0.206. The molecular weight excluding hydrogens is 243 g/mol. The van der Waals surface area contributed by atoms with Crippen LogP contribution in [0.15, 0.2) is 18.2 Å². The number of rotatable bonds is 4. The van der Waals surface area contributed by atoms with Crippen LogP contribution in [0.5, 0.6) is 5.75 Å². The van der Waals surface area contributed by atoms with Gasteiger partial charge in [0, 0.05) is 25.2 Å². The van der Waals surface area contributed by atoms with Gasteiger partial charge in [-0.05, 0) is 43.7 Å². The average Bonchev–Trinajstić information content (AvgIpc) is 3.20. The van der Waals surface area contributed by atoms with Crippen molar-refractivity contribution in [1.82, 2.24) is 0 Å². The number of anilines is 1. The molecule has 2 fully saturated rings. The molecule has 1 aliphatic heterocycles. The Bertz CT molecular complexity index is 448. The standard InChI is InChI=1S/C15H21FN2O/c16-14-8-13(19-10-11-3-4-11)5-6-15(14)18-7-1-2-12(17)9-18/h5-6,8,11-12H,1-4,7,9-10,17H2. The maximum Gasteiger partial charge on any atom is 0.150 e. The number of hydrogen-bond donors (Lipinski definition) is 1. The fraction of sp³-hybridized carbons (Fsp3) is 0.600. The summed E-state index contributed by atoms with van der Waals surface area (Å²) in [5.74, 6) is 1.11. The average molecular weight is 264 g/mol. The van der Waals surface area contributed by atoms with Gasteiger partial charge in [0.05, 0.1) is 12.3 Å². The lowest BCUT2D eigenvalue weighted by molar-refractivity contribution is 0.298. The molecule has 1 aromatic rings. The van der Waals surface area contributed by atoms with Crippen molar-refractivity contribution >= 4 is 5.69 Å². The number of piperidine rings is 1. The summed E-state index contributed by atoms with van der Waals surface area (Å²) in [6.07, 6.45) is 4.54. The first-order valence-electron chi connectivity index (χ1n) is 7.15. The second-order valence-electron chi connectivity index (χ2n) is 5.72. The molecule has 2 aliphatic rings. The van der Waals surface area contributed by atoms with Gasteiger partial charge in [0.2, 0.25) is 0 Å². The maximum absolute atomic E-state index is 14.1. The summed E-state index contributed by atoms with van der Waals surface area (Å²) < 4.78 is 19.7. The van der Waals surface area contributed by atoms with E-state index in [4.69, 9.17) is 10.5 Å². The lowest BCUT2D eigenvalue weighted by Gasteiger charge is -2.32. The molecule has 19 heavy (non-hydrogen) atoms. The number of benzene rings is 1. The molecule has 1 heterocycles. The lowest BCUT2D eigenvalue weighted by Crippen LogP contribution is -2.43. The van der Waals surface area contributed by atoms with Gasteiger partial charge in [-0.3, -0.25) is 0 Å². The third-order valence-corrected chi connectivity index (χ3v) is 3.90. The molecule has 3 rings (SSSR count). The zero-order valence-electron chi connectivity index (χ0n) is 11.1. The molecule has 1 atom stereocenters. The molecule has 0 radical (unpaired) electrons. The molecule has 4 heteroatoms. The number of ether oxygens (including phenoxy) is 1. The summed E-state index contributed by atoms with van der Waals surface area (Å²) in [6, 6.07) is 5.33. The minimum Gasteiger partial charge on any atom is -0.493 e. The molecule has 104 valence electrons. The van der Waals surface area contributed by atoms with Crippen LogP contribution < -0.4 is 15.4 Å². The number of nitrogens with two attached hydrogens (primary N) is 1. The van der Waals surface area contributed by atoms with Crippen molar-refractivity contribution < 1.29 is 9.13 Å². The van der Waals surface area contributed by atoms with Crippen molar-refractivity contribution in [2.24, 2.45) is 11.7 Å². The van der Waals surface area contributed by atoms with E-state index in [9.17, 15) is 4.39 Å². The smallest absolute Gasteiger partial charge is 0.150 e. The van der Waals surface area contributed by atoms with Gasteiger partial charge >= 0.3 is 0 Å². The molecule has 3 nitrogen and oxygen atoms in total. The van der Waals surface area contributed by atoms with E-state index in [1.165, 1.54) is 18.9 Å². The largest absolute Gasteiger partial charge is 0.493 e. The van der Waals surface area contributed by atoms with Gasteiger partial charge in [0.25, 0.3) is 0 Å². The fourth-order valence-electron chi connectivity index (χ4n) is 2.56. The Labute approximate surface area is 113 Å². The van der Waals surface area contributed by atoms with Gasteiger partial charge in [-0.2, -0.15) is 0 Å². The van der Waals surface area contributed by atoms with Crippen LogP contribution in [0.3, 0.4) is 0 Å². The van der Waals surface area contributed by atoms with Crippen molar-refractivity contribution in [3.63, 3.8) is 0 Å². The first kappa shape index (κ1) is 12.7. The second kappa shape index (κ2) is 5.37. The van der Waals surface area contributed by atoms with Crippen molar-refractivity contribution in [1.29, 1.82) is 0 Å². The van der Waals surface area contributed by atoms with Crippen LogP contribution in [-0.2, 0) is 0 Å². The van der Waals surface area contributed by atoms with Gasteiger partial charge in [-0.25, -0.2) is 4.39 Å². The monoisotopic (exact) mass is 264 g/mol. The van der Waals surface area contributed by atoms with Crippen LogP contribution in [0.25, 0.3) is 0 Å². The highest BCUT2D eigenvalue weighted by Crippen LogP contribution is 2.31. The van der Waals surface area contributed by atoms with E-state index >= 15 is 0 Å². The van der Waals surface area contributed by atoms with Crippen molar-refractivity contribution in [3.05, 3.63) is 24.0 Å². The van der Waals surface area contributed by atoms with Gasteiger partial charge in [-0.15, -0.1) is 0 Å². The van der Waals surface area contributed by atoms with E-state index in [-0.39, 0.29) is 11.9 Å². The molecule has 2 N–H and O–H groups in total. The summed E-state index contributed by atoms with van der Waals surface area (Å²) in [7, 11) is 0. The highest BCUT2D eigenvalue weighted by Gasteiger charge is 2.23. The molecular formula is C15H21FN2O. The summed E-state index contributed by atoms with van der Waals surface area (Å²) in [6.45, 7) is 2.33. The molecule has 0 amide bonds. The summed E-state index contributed by atoms with van der Waals surface area (Å²) in [5.41, 5.74) is 6.59. The summed E-state index contributed by atoms with van der Waals surface area (Å²) in [5, 5.41) is 0. The van der Waals surface area contributed by atoms with Crippen LogP contribution in [0.2, 0.25) is 0 Å².